The van der Waals surface area contributed by atoms with Crippen molar-refractivity contribution >= 4 is 33.5 Å². The summed E-state index contributed by atoms with van der Waals surface area (Å²) < 4.78 is 7.59. The first-order chi connectivity index (χ1) is 8.74. The number of hydrogen-bond donors (Lipinski definition) is 1. The molecule has 0 saturated heterocycles. The second-order valence-corrected chi connectivity index (χ2v) is 5.91. The van der Waals surface area contributed by atoms with Crippen LogP contribution in [0.2, 0.25) is 0 Å². The van der Waals surface area contributed by atoms with E-state index in [9.17, 15) is 4.79 Å². The van der Waals surface area contributed by atoms with Gasteiger partial charge in [0.1, 0.15) is 10.2 Å². The van der Waals surface area contributed by atoms with Crippen LogP contribution >= 0.6 is 15.9 Å². The lowest BCUT2D eigenvalue weighted by molar-refractivity contribution is 0.0635. The Morgan fingerprint density at radius 2 is 2.05 bits per heavy atom. The van der Waals surface area contributed by atoms with Crippen molar-refractivity contribution in [1.29, 1.82) is 0 Å². The molecular weight excluding hydrogens is 312 g/mol. The van der Waals surface area contributed by atoms with Crippen molar-refractivity contribution in [1.82, 2.24) is 14.4 Å². The molecule has 0 atom stereocenters. The molecule has 2 aromatic heterocycles. The summed E-state index contributed by atoms with van der Waals surface area (Å²) in [4.78, 5) is 20.2. The molecule has 1 N–H and O–H groups in total. The van der Waals surface area contributed by atoms with Crippen LogP contribution in [0.1, 0.15) is 26.5 Å². The monoisotopic (exact) mass is 326 g/mol. The van der Waals surface area contributed by atoms with E-state index in [1.165, 1.54) is 0 Å². The zero-order valence-electron chi connectivity index (χ0n) is 11.2. The molecule has 6 nitrogen and oxygen atoms in total. The third-order valence-electron chi connectivity index (χ3n) is 2.15. The summed E-state index contributed by atoms with van der Waals surface area (Å²) in [5, 5.41) is 2.59. The van der Waals surface area contributed by atoms with Crippen LogP contribution in [0.15, 0.2) is 17.0 Å². The number of nitrogens with one attached hydrogen (secondary N) is 1. The Bertz CT molecular complexity index is 630. The van der Waals surface area contributed by atoms with Crippen LogP contribution < -0.4 is 5.32 Å². The van der Waals surface area contributed by atoms with Gasteiger partial charge < -0.3 is 9.14 Å². The predicted molar refractivity (Wildman–Crippen MR) is 75.3 cm³/mol. The number of fused-ring (bicyclic) bond motifs is 1. The van der Waals surface area contributed by atoms with Crippen LogP contribution in [0.25, 0.3) is 5.65 Å². The molecular formula is C12H15BrN4O2. The Kier molecular flexibility index (Phi) is 3.49. The van der Waals surface area contributed by atoms with E-state index in [2.05, 4.69) is 31.2 Å². The average molecular weight is 327 g/mol. The molecule has 0 aliphatic carbocycles. The lowest BCUT2D eigenvalue weighted by Crippen LogP contribution is -2.27. The van der Waals surface area contributed by atoms with E-state index in [4.69, 9.17) is 4.74 Å². The molecule has 0 fully saturated rings. The molecule has 19 heavy (non-hydrogen) atoms. The molecule has 0 aromatic carbocycles. The molecule has 0 unspecified atom stereocenters. The SMILES string of the molecule is Cc1cn2cc(NC(=O)OC(C)(C)C)nc2c(Br)n1. The van der Waals surface area contributed by atoms with Gasteiger partial charge in [-0.2, -0.15) is 0 Å². The number of aryl methyl sites for hydroxylation is 1. The standard InChI is InChI=1S/C12H15BrN4O2/c1-7-5-17-6-8(15-10(17)9(13)14-7)16-11(18)19-12(2,3)4/h5-6H,1-4H3,(H,16,18). The van der Waals surface area contributed by atoms with Gasteiger partial charge in [0.15, 0.2) is 11.5 Å². The Morgan fingerprint density at radius 1 is 1.37 bits per heavy atom. The first-order valence-corrected chi connectivity index (χ1v) is 6.56. The normalized spacial score (nSPS) is 11.6. The van der Waals surface area contributed by atoms with Crippen LogP contribution in [-0.4, -0.2) is 26.1 Å². The average Bonchev–Trinajstić information content (AvgIpc) is 2.56. The Hall–Kier alpha value is -1.63. The molecule has 0 radical (unpaired) electrons. The number of carbonyl (C=O) groups is 1. The topological polar surface area (TPSA) is 68.5 Å². The number of hydrogen-bond acceptors (Lipinski definition) is 4. The van der Waals surface area contributed by atoms with Crippen molar-refractivity contribution < 1.29 is 9.53 Å². The van der Waals surface area contributed by atoms with Crippen molar-refractivity contribution in [2.24, 2.45) is 0 Å². The third kappa shape index (κ3) is 3.44. The summed E-state index contributed by atoms with van der Waals surface area (Å²) in [6, 6.07) is 0. The highest BCUT2D eigenvalue weighted by Gasteiger charge is 2.17. The number of ether oxygens (including phenoxy) is 1. The zero-order valence-corrected chi connectivity index (χ0v) is 12.8. The van der Waals surface area contributed by atoms with Gasteiger partial charge in [-0.15, -0.1) is 0 Å². The molecule has 0 aliphatic rings. The minimum atomic E-state index is -0.540. The molecule has 0 spiro atoms. The summed E-state index contributed by atoms with van der Waals surface area (Å²) >= 11 is 3.34. The van der Waals surface area contributed by atoms with Crippen LogP contribution in [0.3, 0.4) is 0 Å². The predicted octanol–water partition coefficient (Wildman–Crippen LogP) is 3.15. The molecule has 7 heteroatoms. The number of rotatable bonds is 1. The van der Waals surface area contributed by atoms with Gasteiger partial charge >= 0.3 is 6.09 Å². The molecule has 1 amide bonds. The van der Waals surface area contributed by atoms with E-state index < -0.39 is 11.7 Å². The summed E-state index contributed by atoms with van der Waals surface area (Å²) in [6.45, 7) is 7.30. The highest BCUT2D eigenvalue weighted by molar-refractivity contribution is 9.10. The number of nitrogens with zero attached hydrogens (tertiary/aromatic N) is 3. The maximum atomic E-state index is 11.6. The maximum absolute atomic E-state index is 11.6. The Labute approximate surface area is 119 Å². The van der Waals surface area contributed by atoms with Gasteiger partial charge in [0.2, 0.25) is 0 Å². The van der Waals surface area contributed by atoms with Crippen LogP contribution in [0.4, 0.5) is 10.6 Å². The fraction of sp³-hybridized carbons (Fsp3) is 0.417. The fourth-order valence-corrected chi connectivity index (χ4v) is 2.12. The highest BCUT2D eigenvalue weighted by Crippen LogP contribution is 2.18. The van der Waals surface area contributed by atoms with Gasteiger partial charge in [0, 0.05) is 6.20 Å². The lowest BCUT2D eigenvalue weighted by atomic mass is 10.2. The van der Waals surface area contributed by atoms with Gasteiger partial charge in [-0.25, -0.2) is 14.8 Å². The highest BCUT2D eigenvalue weighted by atomic mass is 79.9. The van der Waals surface area contributed by atoms with E-state index in [-0.39, 0.29) is 0 Å². The van der Waals surface area contributed by atoms with Crippen LogP contribution in [0, 0.1) is 6.92 Å². The van der Waals surface area contributed by atoms with Crippen molar-refractivity contribution in [2.45, 2.75) is 33.3 Å². The Morgan fingerprint density at radius 3 is 2.68 bits per heavy atom. The number of anilines is 1. The zero-order chi connectivity index (χ0) is 14.2. The summed E-state index contributed by atoms with van der Waals surface area (Å²) in [5.41, 5.74) is 0.944. The second-order valence-electron chi connectivity index (χ2n) is 5.16. The molecule has 0 aliphatic heterocycles. The molecule has 2 rings (SSSR count). The largest absolute Gasteiger partial charge is 0.444 e. The summed E-state index contributed by atoms with van der Waals surface area (Å²) in [6.07, 6.45) is 3.00. The minimum Gasteiger partial charge on any atom is -0.444 e. The van der Waals surface area contributed by atoms with Crippen molar-refractivity contribution in [2.75, 3.05) is 5.32 Å². The van der Waals surface area contributed by atoms with Crippen LogP contribution in [0.5, 0.6) is 0 Å². The van der Waals surface area contributed by atoms with E-state index >= 15 is 0 Å². The van der Waals surface area contributed by atoms with E-state index in [1.54, 1.807) is 31.4 Å². The summed E-state index contributed by atoms with van der Waals surface area (Å²) in [5.74, 6) is 0.419. The number of halogens is 1. The van der Waals surface area contributed by atoms with Gasteiger partial charge in [-0.05, 0) is 43.6 Å². The molecule has 0 bridgehead atoms. The number of amides is 1. The molecule has 2 heterocycles. The summed E-state index contributed by atoms with van der Waals surface area (Å²) in [7, 11) is 0. The molecule has 0 saturated carbocycles. The van der Waals surface area contributed by atoms with E-state index in [1.807, 2.05) is 13.1 Å². The van der Waals surface area contributed by atoms with Gasteiger partial charge in [-0.1, -0.05) is 0 Å². The van der Waals surface area contributed by atoms with Crippen molar-refractivity contribution in [3.05, 3.63) is 22.7 Å². The smallest absolute Gasteiger partial charge is 0.413 e. The maximum Gasteiger partial charge on any atom is 0.413 e. The first-order valence-electron chi connectivity index (χ1n) is 5.76. The van der Waals surface area contributed by atoms with Gasteiger partial charge in [0.05, 0.1) is 11.9 Å². The van der Waals surface area contributed by atoms with Crippen LogP contribution in [-0.2, 0) is 4.74 Å². The van der Waals surface area contributed by atoms with Crippen molar-refractivity contribution in [3.63, 3.8) is 0 Å². The van der Waals surface area contributed by atoms with E-state index in [0.29, 0.717) is 16.1 Å². The quantitative estimate of drug-likeness (QED) is 0.874. The lowest BCUT2D eigenvalue weighted by Gasteiger charge is -2.18. The molecule has 102 valence electrons. The number of carbonyl (C=O) groups excluding carboxylic acids is 1. The van der Waals surface area contributed by atoms with E-state index in [0.717, 1.165) is 5.69 Å². The fourth-order valence-electron chi connectivity index (χ4n) is 1.55. The first kappa shape index (κ1) is 13.8. The number of aromatic nitrogens is 3. The Balaban J connectivity index is 2.23. The van der Waals surface area contributed by atoms with Gasteiger partial charge in [-0.3, -0.25) is 5.32 Å². The molecule has 2 aromatic rings. The van der Waals surface area contributed by atoms with Crippen molar-refractivity contribution in [3.8, 4) is 0 Å². The minimum absolute atomic E-state index is 0.419. The van der Waals surface area contributed by atoms with Gasteiger partial charge in [0.25, 0.3) is 0 Å². The third-order valence-corrected chi connectivity index (χ3v) is 2.68. The number of imidazole rings is 1. The second kappa shape index (κ2) is 4.80.